The van der Waals surface area contributed by atoms with E-state index < -0.39 is 11.7 Å². The van der Waals surface area contributed by atoms with Crippen molar-refractivity contribution in [2.75, 3.05) is 0 Å². The number of benzene rings is 2. The van der Waals surface area contributed by atoms with Gasteiger partial charge >= 0.3 is 6.18 Å². The van der Waals surface area contributed by atoms with Crippen LogP contribution in [0.25, 0.3) is 22.3 Å². The molecular weight excluding hydrogens is 287 g/mol. The van der Waals surface area contributed by atoms with E-state index in [1.807, 2.05) is 36.4 Å². The molecule has 1 aromatic heterocycles. The molecule has 3 aromatic rings. The second kappa shape index (κ2) is 5.64. The lowest BCUT2D eigenvalue weighted by Crippen LogP contribution is -2.04. The van der Waals surface area contributed by atoms with E-state index in [9.17, 15) is 13.2 Å². The van der Waals surface area contributed by atoms with E-state index in [2.05, 4.69) is 4.98 Å². The van der Waals surface area contributed by atoms with Crippen molar-refractivity contribution in [3.63, 3.8) is 0 Å². The van der Waals surface area contributed by atoms with Crippen LogP contribution >= 0.6 is 0 Å². The quantitative estimate of drug-likeness (QED) is 0.614. The van der Waals surface area contributed by atoms with E-state index in [-0.39, 0.29) is 0 Å². The van der Waals surface area contributed by atoms with E-state index >= 15 is 0 Å². The van der Waals surface area contributed by atoms with Crippen molar-refractivity contribution < 1.29 is 13.2 Å². The summed E-state index contributed by atoms with van der Waals surface area (Å²) in [5, 5.41) is 0. The molecule has 0 unspecified atom stereocenters. The van der Waals surface area contributed by atoms with Gasteiger partial charge in [0.05, 0.1) is 5.56 Å². The maximum atomic E-state index is 12.8. The lowest BCUT2D eigenvalue weighted by atomic mass is 10.00. The third-order valence-electron chi connectivity index (χ3n) is 3.40. The zero-order valence-corrected chi connectivity index (χ0v) is 11.5. The van der Waals surface area contributed by atoms with Crippen LogP contribution in [-0.2, 0) is 6.18 Å². The first-order valence-corrected chi connectivity index (χ1v) is 6.72. The molecule has 0 amide bonds. The predicted octanol–water partition coefficient (Wildman–Crippen LogP) is 5.43. The molecule has 0 spiro atoms. The van der Waals surface area contributed by atoms with E-state index in [1.165, 1.54) is 12.1 Å². The summed E-state index contributed by atoms with van der Waals surface area (Å²) in [7, 11) is 0. The van der Waals surface area contributed by atoms with Crippen molar-refractivity contribution in [2.24, 2.45) is 0 Å². The van der Waals surface area contributed by atoms with Gasteiger partial charge in [-0.05, 0) is 40.5 Å². The molecule has 0 aliphatic carbocycles. The van der Waals surface area contributed by atoms with Crippen LogP contribution in [0, 0.1) is 0 Å². The van der Waals surface area contributed by atoms with Crippen molar-refractivity contribution >= 4 is 0 Å². The molecule has 0 radical (unpaired) electrons. The number of halogens is 3. The van der Waals surface area contributed by atoms with Gasteiger partial charge in [-0.15, -0.1) is 0 Å². The Balaban J connectivity index is 1.94. The van der Waals surface area contributed by atoms with Crippen molar-refractivity contribution in [2.45, 2.75) is 6.18 Å². The fraction of sp³-hybridized carbons (Fsp3) is 0.0556. The van der Waals surface area contributed by atoms with Crippen LogP contribution in [0.2, 0.25) is 0 Å². The Kier molecular flexibility index (Phi) is 3.67. The topological polar surface area (TPSA) is 12.9 Å². The first-order chi connectivity index (χ1) is 10.5. The highest BCUT2D eigenvalue weighted by Crippen LogP contribution is 2.32. The van der Waals surface area contributed by atoms with E-state index in [0.29, 0.717) is 5.56 Å². The van der Waals surface area contributed by atoms with Crippen molar-refractivity contribution in [1.82, 2.24) is 4.98 Å². The van der Waals surface area contributed by atoms with E-state index in [4.69, 9.17) is 0 Å². The molecular formula is C18H12F3N. The van der Waals surface area contributed by atoms with Gasteiger partial charge in [0.2, 0.25) is 0 Å². The highest BCUT2D eigenvalue weighted by molar-refractivity contribution is 5.70. The SMILES string of the molecule is FC(F)(F)c1cccc(-c2ccc(-c3cccnc3)cc2)c1. The van der Waals surface area contributed by atoms with Crippen LogP contribution in [0.4, 0.5) is 13.2 Å². The zero-order chi connectivity index (χ0) is 15.6. The molecule has 0 saturated carbocycles. The summed E-state index contributed by atoms with van der Waals surface area (Å²) in [6.07, 6.45) is -0.883. The summed E-state index contributed by atoms with van der Waals surface area (Å²) in [5.74, 6) is 0. The second-order valence-electron chi connectivity index (χ2n) is 4.90. The number of pyridine rings is 1. The van der Waals surface area contributed by atoms with Crippen molar-refractivity contribution in [3.8, 4) is 22.3 Å². The summed E-state index contributed by atoms with van der Waals surface area (Å²) >= 11 is 0. The van der Waals surface area contributed by atoms with Gasteiger partial charge in [0.25, 0.3) is 0 Å². The molecule has 3 rings (SSSR count). The monoisotopic (exact) mass is 299 g/mol. The number of rotatable bonds is 2. The average molecular weight is 299 g/mol. The number of aromatic nitrogens is 1. The maximum absolute atomic E-state index is 12.8. The first-order valence-electron chi connectivity index (χ1n) is 6.72. The minimum Gasteiger partial charge on any atom is -0.264 e. The fourth-order valence-electron chi connectivity index (χ4n) is 2.26. The molecule has 4 heteroatoms. The van der Waals surface area contributed by atoms with Gasteiger partial charge in [0.1, 0.15) is 0 Å². The minimum absolute atomic E-state index is 0.549. The van der Waals surface area contributed by atoms with Crippen LogP contribution in [-0.4, -0.2) is 4.98 Å². The second-order valence-corrected chi connectivity index (χ2v) is 4.90. The van der Waals surface area contributed by atoms with Crippen LogP contribution in [0.5, 0.6) is 0 Å². The maximum Gasteiger partial charge on any atom is 0.416 e. The van der Waals surface area contributed by atoms with Gasteiger partial charge in [-0.2, -0.15) is 13.2 Å². The molecule has 0 fully saturated rings. The minimum atomic E-state index is -4.33. The Labute approximate surface area is 126 Å². The van der Waals surface area contributed by atoms with Gasteiger partial charge in [-0.25, -0.2) is 0 Å². The Morgan fingerprint density at radius 3 is 1.91 bits per heavy atom. The third-order valence-corrected chi connectivity index (χ3v) is 3.40. The van der Waals surface area contributed by atoms with Crippen LogP contribution in [0.1, 0.15) is 5.56 Å². The van der Waals surface area contributed by atoms with Crippen molar-refractivity contribution in [1.29, 1.82) is 0 Å². The molecule has 1 nitrogen and oxygen atoms in total. The highest BCUT2D eigenvalue weighted by Gasteiger charge is 2.30. The average Bonchev–Trinajstić information content (AvgIpc) is 2.55. The Hall–Kier alpha value is -2.62. The summed E-state index contributed by atoms with van der Waals surface area (Å²) < 4.78 is 38.3. The number of alkyl halides is 3. The lowest BCUT2D eigenvalue weighted by Gasteiger charge is -2.09. The molecule has 0 saturated heterocycles. The zero-order valence-electron chi connectivity index (χ0n) is 11.5. The molecule has 0 aliphatic heterocycles. The standard InChI is InChI=1S/C18H12F3N/c19-18(20,21)17-5-1-3-15(11-17)13-6-8-14(9-7-13)16-4-2-10-22-12-16/h1-12H. The number of hydrogen-bond acceptors (Lipinski definition) is 1. The lowest BCUT2D eigenvalue weighted by molar-refractivity contribution is -0.137. The van der Waals surface area contributed by atoms with E-state index in [1.54, 1.807) is 18.5 Å². The normalized spacial score (nSPS) is 11.4. The molecule has 0 atom stereocenters. The summed E-state index contributed by atoms with van der Waals surface area (Å²) in [4.78, 5) is 4.06. The van der Waals surface area contributed by atoms with Crippen LogP contribution < -0.4 is 0 Å². The van der Waals surface area contributed by atoms with Crippen molar-refractivity contribution in [3.05, 3.63) is 78.6 Å². The smallest absolute Gasteiger partial charge is 0.264 e. The Bertz CT molecular complexity index is 762. The predicted molar refractivity (Wildman–Crippen MR) is 80.1 cm³/mol. The van der Waals surface area contributed by atoms with Gasteiger partial charge in [-0.3, -0.25) is 4.98 Å². The first kappa shape index (κ1) is 14.3. The summed E-state index contributed by atoms with van der Waals surface area (Å²) in [6.45, 7) is 0. The summed E-state index contributed by atoms with van der Waals surface area (Å²) in [5.41, 5.74) is 2.61. The molecule has 0 aliphatic rings. The van der Waals surface area contributed by atoms with Gasteiger partial charge in [0, 0.05) is 12.4 Å². The van der Waals surface area contributed by atoms with Crippen LogP contribution in [0.3, 0.4) is 0 Å². The molecule has 2 aromatic carbocycles. The number of hydrogen-bond donors (Lipinski definition) is 0. The summed E-state index contributed by atoms with van der Waals surface area (Å²) in [6, 6.07) is 16.5. The molecule has 22 heavy (non-hydrogen) atoms. The number of nitrogens with zero attached hydrogens (tertiary/aromatic N) is 1. The van der Waals surface area contributed by atoms with E-state index in [0.717, 1.165) is 22.8 Å². The highest BCUT2D eigenvalue weighted by atomic mass is 19.4. The van der Waals surface area contributed by atoms with Gasteiger partial charge < -0.3 is 0 Å². The Morgan fingerprint density at radius 2 is 1.32 bits per heavy atom. The third kappa shape index (κ3) is 3.01. The van der Waals surface area contributed by atoms with Crippen LogP contribution in [0.15, 0.2) is 73.1 Å². The largest absolute Gasteiger partial charge is 0.416 e. The molecule has 0 N–H and O–H groups in total. The Morgan fingerprint density at radius 1 is 0.682 bits per heavy atom. The van der Waals surface area contributed by atoms with Gasteiger partial charge in [0.15, 0.2) is 0 Å². The molecule has 110 valence electrons. The molecule has 0 bridgehead atoms. The fourth-order valence-corrected chi connectivity index (χ4v) is 2.26. The molecule has 1 heterocycles. The van der Waals surface area contributed by atoms with Gasteiger partial charge in [-0.1, -0.05) is 42.5 Å².